The van der Waals surface area contributed by atoms with Crippen molar-refractivity contribution in [1.29, 1.82) is 0 Å². The first kappa shape index (κ1) is 36.5. The Hall–Kier alpha value is -8.40. The summed E-state index contributed by atoms with van der Waals surface area (Å²) >= 11 is 0. The number of anilines is 3. The molecule has 0 saturated heterocycles. The molecular formula is C60H39NO2. The largest absolute Gasteiger partial charge is 0.456 e. The quantitative estimate of drug-likeness (QED) is 0.153. The molecule has 12 rings (SSSR count). The number of nitrogens with zero attached hydrogens (tertiary/aromatic N) is 1. The fraction of sp³-hybridized carbons (Fsp3) is 0. The first-order chi connectivity index (χ1) is 31.2. The average Bonchev–Trinajstić information content (AvgIpc) is 3.93. The Kier molecular flexibility index (Phi) is 8.83. The Bertz CT molecular complexity index is 3470. The van der Waals surface area contributed by atoms with Gasteiger partial charge in [0.05, 0.1) is 0 Å². The van der Waals surface area contributed by atoms with Crippen LogP contribution in [0, 0.1) is 0 Å². The Morgan fingerprint density at radius 1 is 0.206 bits per heavy atom. The maximum absolute atomic E-state index is 6.21. The van der Waals surface area contributed by atoms with Crippen LogP contribution < -0.4 is 4.90 Å². The Labute approximate surface area is 365 Å². The van der Waals surface area contributed by atoms with Gasteiger partial charge in [0.25, 0.3) is 0 Å². The minimum absolute atomic E-state index is 0.891. The lowest BCUT2D eigenvalue weighted by Gasteiger charge is -2.26. The molecule has 0 spiro atoms. The first-order valence-corrected chi connectivity index (χ1v) is 21.4. The predicted octanol–water partition coefficient (Wildman–Crippen LogP) is 17.3. The number of para-hydroxylation sites is 3. The van der Waals surface area contributed by atoms with Crippen LogP contribution in [0.3, 0.4) is 0 Å². The second-order valence-electron chi connectivity index (χ2n) is 16.1. The molecule has 0 radical (unpaired) electrons. The summed E-state index contributed by atoms with van der Waals surface area (Å²) in [5, 5.41) is 4.47. The van der Waals surface area contributed by atoms with Gasteiger partial charge in [0.2, 0.25) is 0 Å². The summed E-state index contributed by atoms with van der Waals surface area (Å²) in [4.78, 5) is 2.32. The van der Waals surface area contributed by atoms with Crippen molar-refractivity contribution in [1.82, 2.24) is 0 Å². The minimum Gasteiger partial charge on any atom is -0.456 e. The van der Waals surface area contributed by atoms with Crippen LogP contribution in [0.2, 0.25) is 0 Å². The third-order valence-corrected chi connectivity index (χ3v) is 12.3. The van der Waals surface area contributed by atoms with Gasteiger partial charge in [-0.25, -0.2) is 0 Å². The highest BCUT2D eigenvalue weighted by molar-refractivity contribution is 6.08. The normalized spacial score (nSPS) is 11.5. The van der Waals surface area contributed by atoms with E-state index in [1.54, 1.807) is 0 Å². The van der Waals surface area contributed by atoms with Crippen LogP contribution in [0.1, 0.15) is 0 Å². The summed E-state index contributed by atoms with van der Waals surface area (Å²) in [6.07, 6.45) is 0. The molecule has 0 saturated carbocycles. The van der Waals surface area contributed by atoms with Gasteiger partial charge in [-0.1, -0.05) is 146 Å². The fourth-order valence-electron chi connectivity index (χ4n) is 9.08. The van der Waals surface area contributed by atoms with Crippen molar-refractivity contribution in [2.45, 2.75) is 0 Å². The highest BCUT2D eigenvalue weighted by Gasteiger charge is 2.16. The SMILES string of the molecule is c1ccc(-c2cccc(N(c3ccccc3)c3ccc(-c4ccc(-c5cc(-c6ccc7oc8ccccc8c7c6)cc(-c6ccc7oc8ccccc8c7c6)c5)cc4)cc3)c2)cc1. The van der Waals surface area contributed by atoms with Crippen LogP contribution in [0.5, 0.6) is 0 Å². The van der Waals surface area contributed by atoms with E-state index in [4.69, 9.17) is 8.83 Å². The fourth-order valence-corrected chi connectivity index (χ4v) is 9.08. The van der Waals surface area contributed by atoms with Crippen molar-refractivity contribution >= 4 is 60.9 Å². The van der Waals surface area contributed by atoms with E-state index >= 15 is 0 Å². The summed E-state index contributed by atoms with van der Waals surface area (Å²) in [6, 6.07) is 84.3. The number of hydrogen-bond acceptors (Lipinski definition) is 3. The van der Waals surface area contributed by atoms with Gasteiger partial charge in [-0.15, -0.1) is 0 Å². The summed E-state index contributed by atoms with van der Waals surface area (Å²) in [5.41, 5.74) is 18.5. The number of benzene rings is 10. The molecule has 10 aromatic carbocycles. The molecule has 2 aromatic heterocycles. The maximum atomic E-state index is 6.21. The summed E-state index contributed by atoms with van der Waals surface area (Å²) in [5.74, 6) is 0. The Morgan fingerprint density at radius 2 is 0.571 bits per heavy atom. The molecular weight excluding hydrogens is 767 g/mol. The molecule has 0 aliphatic rings. The molecule has 0 unspecified atom stereocenters. The molecule has 2 heterocycles. The maximum Gasteiger partial charge on any atom is 0.135 e. The third kappa shape index (κ3) is 6.73. The van der Waals surface area contributed by atoms with E-state index in [1.807, 2.05) is 24.3 Å². The summed E-state index contributed by atoms with van der Waals surface area (Å²) in [6.45, 7) is 0. The van der Waals surface area contributed by atoms with Crippen molar-refractivity contribution in [3.63, 3.8) is 0 Å². The Morgan fingerprint density at radius 3 is 1.14 bits per heavy atom. The molecule has 3 heteroatoms. The van der Waals surface area contributed by atoms with E-state index in [1.165, 1.54) is 11.1 Å². The van der Waals surface area contributed by atoms with Crippen LogP contribution in [0.15, 0.2) is 245 Å². The Balaban J connectivity index is 0.912. The molecule has 0 N–H and O–H groups in total. The van der Waals surface area contributed by atoms with E-state index in [9.17, 15) is 0 Å². The molecule has 0 amide bonds. The molecule has 296 valence electrons. The van der Waals surface area contributed by atoms with Crippen LogP contribution in [0.25, 0.3) is 99.5 Å². The van der Waals surface area contributed by atoms with Gasteiger partial charge in [-0.3, -0.25) is 0 Å². The number of fused-ring (bicyclic) bond motifs is 6. The van der Waals surface area contributed by atoms with Crippen LogP contribution in [-0.2, 0) is 0 Å². The zero-order chi connectivity index (χ0) is 41.7. The first-order valence-electron chi connectivity index (χ1n) is 21.4. The molecule has 0 aliphatic heterocycles. The standard InChI is InChI=1S/C60H39NO2/c1-3-12-40(13-4-1)44-14-11-17-52(37-44)61(50-15-5-2-6-16-50)51-30-26-42(27-31-51)41-22-24-43(25-23-41)47-34-48(45-28-32-59-55(38-45)53-18-7-9-20-57(53)62-59)36-49(35-47)46-29-33-60-56(39-46)54-19-8-10-21-58(54)63-60/h1-39H. The summed E-state index contributed by atoms with van der Waals surface area (Å²) in [7, 11) is 0. The molecule has 0 fully saturated rings. The minimum atomic E-state index is 0.891. The van der Waals surface area contributed by atoms with Crippen molar-refractivity contribution in [3.8, 4) is 55.6 Å². The van der Waals surface area contributed by atoms with Crippen LogP contribution >= 0.6 is 0 Å². The zero-order valence-electron chi connectivity index (χ0n) is 34.3. The van der Waals surface area contributed by atoms with Crippen LogP contribution in [-0.4, -0.2) is 0 Å². The smallest absolute Gasteiger partial charge is 0.135 e. The van der Waals surface area contributed by atoms with Gasteiger partial charge in [-0.05, 0) is 147 Å². The monoisotopic (exact) mass is 805 g/mol. The van der Waals surface area contributed by atoms with E-state index in [0.29, 0.717) is 0 Å². The molecule has 0 bridgehead atoms. The van der Waals surface area contributed by atoms with Crippen LogP contribution in [0.4, 0.5) is 17.1 Å². The number of hydrogen-bond donors (Lipinski definition) is 0. The second kappa shape index (κ2) is 15.3. The van der Waals surface area contributed by atoms with Crippen molar-refractivity contribution in [2.75, 3.05) is 4.90 Å². The predicted molar refractivity (Wildman–Crippen MR) is 263 cm³/mol. The van der Waals surface area contributed by atoms with Gasteiger partial charge in [0, 0.05) is 38.6 Å². The van der Waals surface area contributed by atoms with Gasteiger partial charge >= 0.3 is 0 Å². The molecule has 12 aromatic rings. The lowest BCUT2D eigenvalue weighted by atomic mass is 9.91. The molecule has 63 heavy (non-hydrogen) atoms. The topological polar surface area (TPSA) is 29.5 Å². The number of rotatable bonds is 8. The summed E-state index contributed by atoms with van der Waals surface area (Å²) < 4.78 is 12.4. The lowest BCUT2D eigenvalue weighted by molar-refractivity contribution is 0.668. The second-order valence-corrected chi connectivity index (χ2v) is 16.1. The van der Waals surface area contributed by atoms with Crippen molar-refractivity contribution in [3.05, 3.63) is 237 Å². The third-order valence-electron chi connectivity index (χ3n) is 12.3. The van der Waals surface area contributed by atoms with Gasteiger partial charge < -0.3 is 13.7 Å². The van der Waals surface area contributed by atoms with Gasteiger partial charge in [0.1, 0.15) is 22.3 Å². The highest BCUT2D eigenvalue weighted by atomic mass is 16.3. The molecule has 3 nitrogen and oxygen atoms in total. The van der Waals surface area contributed by atoms with Crippen molar-refractivity contribution in [2.24, 2.45) is 0 Å². The van der Waals surface area contributed by atoms with E-state index in [0.717, 1.165) is 105 Å². The van der Waals surface area contributed by atoms with Crippen molar-refractivity contribution < 1.29 is 8.83 Å². The lowest BCUT2D eigenvalue weighted by Crippen LogP contribution is -2.09. The van der Waals surface area contributed by atoms with E-state index in [2.05, 4.69) is 217 Å². The zero-order valence-corrected chi connectivity index (χ0v) is 34.3. The van der Waals surface area contributed by atoms with Gasteiger partial charge in [-0.2, -0.15) is 0 Å². The number of furan rings is 2. The average molecular weight is 806 g/mol. The van der Waals surface area contributed by atoms with E-state index < -0.39 is 0 Å². The highest BCUT2D eigenvalue weighted by Crippen LogP contribution is 2.40. The molecule has 0 atom stereocenters. The molecule has 0 aliphatic carbocycles. The van der Waals surface area contributed by atoms with Gasteiger partial charge in [0.15, 0.2) is 0 Å². The van der Waals surface area contributed by atoms with E-state index in [-0.39, 0.29) is 0 Å².